The number of methoxy groups -OCH3 is 1. The zero-order valence-electron chi connectivity index (χ0n) is 15.2. The number of nitrogens with one attached hydrogen (secondary N) is 1. The van der Waals surface area contributed by atoms with E-state index in [2.05, 4.69) is 15.4 Å². The predicted molar refractivity (Wildman–Crippen MR) is 103 cm³/mol. The van der Waals surface area contributed by atoms with Gasteiger partial charge in [-0.2, -0.15) is 5.10 Å². The number of hydrogen-bond acceptors (Lipinski definition) is 6. The molecular weight excluding hydrogens is 370 g/mol. The Balaban J connectivity index is 2.12. The van der Waals surface area contributed by atoms with Crippen LogP contribution in [0.25, 0.3) is 16.9 Å². The molecule has 142 valence electrons. The highest BCUT2D eigenvalue weighted by atomic mass is 35.5. The van der Waals surface area contributed by atoms with Crippen LogP contribution in [-0.4, -0.2) is 44.9 Å². The van der Waals surface area contributed by atoms with Crippen LogP contribution >= 0.6 is 11.6 Å². The van der Waals surface area contributed by atoms with Gasteiger partial charge in [-0.3, -0.25) is 4.79 Å². The molecule has 1 aromatic carbocycles. The fourth-order valence-electron chi connectivity index (χ4n) is 2.62. The number of benzene rings is 1. The highest BCUT2D eigenvalue weighted by molar-refractivity contribution is 6.29. The number of ether oxygens (including phenoxy) is 1. The number of amides is 1. The molecule has 1 amide bonds. The Labute approximate surface area is 160 Å². The molecular formula is C18H20ClN5O3. The number of imidazole rings is 1. The van der Waals surface area contributed by atoms with Crippen molar-refractivity contribution >= 4 is 28.8 Å². The SMILES string of the molecule is COc1cc(C(N)=O)ccc1-c1cnc2c(NCC(C)(C)O)cc(Cl)nn12. The van der Waals surface area contributed by atoms with Gasteiger partial charge in [0.25, 0.3) is 0 Å². The van der Waals surface area contributed by atoms with Gasteiger partial charge in [0.15, 0.2) is 10.8 Å². The van der Waals surface area contributed by atoms with Gasteiger partial charge in [-0.15, -0.1) is 0 Å². The Bertz CT molecular complexity index is 1010. The van der Waals surface area contributed by atoms with Crippen molar-refractivity contribution in [3.63, 3.8) is 0 Å². The number of aliphatic hydroxyl groups is 1. The number of aromatic nitrogens is 3. The fourth-order valence-corrected chi connectivity index (χ4v) is 2.80. The van der Waals surface area contributed by atoms with E-state index < -0.39 is 11.5 Å². The van der Waals surface area contributed by atoms with E-state index in [-0.39, 0.29) is 5.15 Å². The van der Waals surface area contributed by atoms with Crippen LogP contribution in [0.15, 0.2) is 30.5 Å². The first-order valence-corrected chi connectivity index (χ1v) is 8.56. The number of rotatable bonds is 6. The van der Waals surface area contributed by atoms with Crippen LogP contribution in [0.5, 0.6) is 5.75 Å². The number of carbonyl (C=O) groups is 1. The summed E-state index contributed by atoms with van der Waals surface area (Å²) in [6.45, 7) is 3.70. The summed E-state index contributed by atoms with van der Waals surface area (Å²) in [6, 6.07) is 6.54. The maximum absolute atomic E-state index is 11.4. The van der Waals surface area contributed by atoms with E-state index in [1.807, 2.05) is 0 Å². The summed E-state index contributed by atoms with van der Waals surface area (Å²) in [5.41, 5.74) is 7.25. The van der Waals surface area contributed by atoms with Crippen molar-refractivity contribution in [1.29, 1.82) is 0 Å². The summed E-state index contributed by atoms with van der Waals surface area (Å²) >= 11 is 6.18. The zero-order chi connectivity index (χ0) is 19.8. The number of carbonyl (C=O) groups excluding carboxylic acids is 1. The van der Waals surface area contributed by atoms with Crippen LogP contribution in [0.1, 0.15) is 24.2 Å². The molecule has 0 unspecified atom stereocenters. The van der Waals surface area contributed by atoms with Crippen molar-refractivity contribution < 1.29 is 14.6 Å². The molecule has 0 radical (unpaired) electrons. The molecule has 2 aromatic heterocycles. The van der Waals surface area contributed by atoms with Gasteiger partial charge in [0.05, 0.1) is 30.3 Å². The quantitative estimate of drug-likeness (QED) is 0.596. The second kappa shape index (κ2) is 7.05. The summed E-state index contributed by atoms with van der Waals surface area (Å²) in [5, 5.41) is 17.7. The molecule has 27 heavy (non-hydrogen) atoms. The van der Waals surface area contributed by atoms with Gasteiger partial charge in [0, 0.05) is 23.7 Å². The molecule has 0 fully saturated rings. The fraction of sp³-hybridized carbons (Fsp3) is 0.278. The van der Waals surface area contributed by atoms with E-state index in [4.69, 9.17) is 22.1 Å². The topological polar surface area (TPSA) is 115 Å². The summed E-state index contributed by atoms with van der Waals surface area (Å²) in [5.74, 6) is -0.0851. The Hall–Kier alpha value is -2.84. The van der Waals surface area contributed by atoms with Crippen LogP contribution in [0.2, 0.25) is 5.15 Å². The number of hydrogen-bond donors (Lipinski definition) is 3. The Kier molecular flexibility index (Phi) is 4.95. The number of halogens is 1. The molecule has 0 bridgehead atoms. The van der Waals surface area contributed by atoms with Crippen LogP contribution in [-0.2, 0) is 0 Å². The molecule has 8 nitrogen and oxygen atoms in total. The first-order valence-electron chi connectivity index (χ1n) is 8.18. The standard InChI is InChI=1S/C18H20ClN5O3/c1-18(2,26)9-22-12-7-15(19)23-24-13(8-21-17(12)24)11-5-4-10(16(20)25)6-14(11)27-3/h4-8,22,26H,9H2,1-3H3,(H2,20,25). The normalized spacial score (nSPS) is 11.6. The average molecular weight is 390 g/mol. The highest BCUT2D eigenvalue weighted by Gasteiger charge is 2.18. The van der Waals surface area contributed by atoms with Crippen molar-refractivity contribution in [3.8, 4) is 17.0 Å². The highest BCUT2D eigenvalue weighted by Crippen LogP contribution is 2.33. The van der Waals surface area contributed by atoms with Crippen molar-refractivity contribution in [1.82, 2.24) is 14.6 Å². The van der Waals surface area contributed by atoms with Crippen LogP contribution < -0.4 is 15.8 Å². The monoisotopic (exact) mass is 389 g/mol. The molecule has 0 aliphatic carbocycles. The summed E-state index contributed by atoms with van der Waals surface area (Å²) in [4.78, 5) is 15.8. The van der Waals surface area contributed by atoms with Crippen LogP contribution in [0.4, 0.5) is 5.69 Å². The minimum absolute atomic E-state index is 0.257. The number of anilines is 1. The van der Waals surface area contributed by atoms with Crippen LogP contribution in [0, 0.1) is 0 Å². The Morgan fingerprint density at radius 2 is 2.15 bits per heavy atom. The van der Waals surface area contributed by atoms with E-state index in [1.54, 1.807) is 48.8 Å². The van der Waals surface area contributed by atoms with Gasteiger partial charge < -0.3 is 20.9 Å². The smallest absolute Gasteiger partial charge is 0.248 e. The molecule has 0 aliphatic rings. The van der Waals surface area contributed by atoms with Gasteiger partial charge in [0.1, 0.15) is 5.75 Å². The summed E-state index contributed by atoms with van der Waals surface area (Å²) in [7, 11) is 1.50. The third kappa shape index (κ3) is 3.96. The largest absolute Gasteiger partial charge is 0.496 e. The number of primary amides is 1. The maximum atomic E-state index is 11.4. The molecule has 9 heteroatoms. The Morgan fingerprint density at radius 1 is 1.41 bits per heavy atom. The minimum atomic E-state index is -0.907. The zero-order valence-corrected chi connectivity index (χ0v) is 15.9. The summed E-state index contributed by atoms with van der Waals surface area (Å²) < 4.78 is 6.98. The maximum Gasteiger partial charge on any atom is 0.248 e. The first-order chi connectivity index (χ1) is 12.7. The van der Waals surface area contributed by atoms with Crippen LogP contribution in [0.3, 0.4) is 0 Å². The van der Waals surface area contributed by atoms with Gasteiger partial charge in [-0.05, 0) is 32.0 Å². The minimum Gasteiger partial charge on any atom is -0.496 e. The summed E-state index contributed by atoms with van der Waals surface area (Å²) in [6.07, 6.45) is 1.63. The number of nitrogens with zero attached hydrogens (tertiary/aromatic N) is 3. The lowest BCUT2D eigenvalue weighted by atomic mass is 10.1. The van der Waals surface area contributed by atoms with Gasteiger partial charge in [-0.1, -0.05) is 11.6 Å². The third-order valence-corrected chi connectivity index (χ3v) is 4.10. The second-order valence-electron chi connectivity index (χ2n) is 6.70. The molecule has 0 spiro atoms. The van der Waals surface area contributed by atoms with E-state index in [9.17, 15) is 9.90 Å². The lowest BCUT2D eigenvalue weighted by Gasteiger charge is -2.19. The number of nitrogens with two attached hydrogens (primary N) is 1. The molecule has 0 aliphatic heterocycles. The predicted octanol–water partition coefficient (Wildman–Crippen LogP) is 2.34. The van der Waals surface area contributed by atoms with Crippen molar-refractivity contribution in [2.75, 3.05) is 19.0 Å². The van der Waals surface area contributed by atoms with Crippen molar-refractivity contribution in [2.24, 2.45) is 5.73 Å². The molecule has 0 atom stereocenters. The molecule has 3 aromatic rings. The molecule has 4 N–H and O–H groups in total. The van der Waals surface area contributed by atoms with Gasteiger partial charge in [0.2, 0.25) is 5.91 Å². The molecule has 0 saturated carbocycles. The first kappa shape index (κ1) is 18.9. The van der Waals surface area contributed by atoms with Crippen molar-refractivity contribution in [3.05, 3.63) is 41.2 Å². The lowest BCUT2D eigenvalue weighted by Crippen LogP contribution is -2.29. The van der Waals surface area contributed by atoms with E-state index in [0.29, 0.717) is 40.4 Å². The second-order valence-corrected chi connectivity index (χ2v) is 7.09. The molecule has 2 heterocycles. The van der Waals surface area contributed by atoms with E-state index in [1.165, 1.54) is 7.11 Å². The molecule has 3 rings (SSSR count). The lowest BCUT2D eigenvalue weighted by molar-refractivity contribution is 0.0944. The number of fused-ring (bicyclic) bond motifs is 1. The average Bonchev–Trinajstić information content (AvgIpc) is 3.01. The van der Waals surface area contributed by atoms with E-state index >= 15 is 0 Å². The van der Waals surface area contributed by atoms with Gasteiger partial charge in [-0.25, -0.2) is 9.50 Å². The van der Waals surface area contributed by atoms with E-state index in [0.717, 1.165) is 0 Å². The van der Waals surface area contributed by atoms with Gasteiger partial charge >= 0.3 is 0 Å². The Morgan fingerprint density at radius 3 is 2.78 bits per heavy atom. The third-order valence-electron chi connectivity index (χ3n) is 3.91. The van der Waals surface area contributed by atoms with Crippen molar-refractivity contribution in [2.45, 2.75) is 19.4 Å². The molecule has 0 saturated heterocycles.